The lowest BCUT2D eigenvalue weighted by Crippen LogP contribution is -2.41. The van der Waals surface area contributed by atoms with Crippen LogP contribution in [-0.2, 0) is 0 Å². The van der Waals surface area contributed by atoms with Crippen molar-refractivity contribution in [1.82, 2.24) is 10.3 Å². The maximum atomic E-state index is 12.8. The lowest BCUT2D eigenvalue weighted by Gasteiger charge is -2.30. The molecule has 0 aliphatic heterocycles. The number of thiophene rings is 1. The predicted octanol–water partition coefficient (Wildman–Crippen LogP) is 4.72. The fourth-order valence-corrected chi connectivity index (χ4v) is 4.38. The van der Waals surface area contributed by atoms with Crippen LogP contribution in [0.25, 0.3) is 9.88 Å². The van der Waals surface area contributed by atoms with E-state index in [0.29, 0.717) is 12.8 Å². The van der Waals surface area contributed by atoms with Crippen molar-refractivity contribution in [3.05, 3.63) is 28.6 Å². The van der Waals surface area contributed by atoms with Crippen molar-refractivity contribution in [2.24, 2.45) is 5.92 Å². The molecule has 2 aromatic rings. The molecule has 0 aromatic carbocycles. The first-order chi connectivity index (χ1) is 10.9. The van der Waals surface area contributed by atoms with E-state index in [2.05, 4.69) is 10.3 Å². The first-order valence-electron chi connectivity index (χ1n) is 7.30. The van der Waals surface area contributed by atoms with E-state index in [9.17, 15) is 18.0 Å². The second-order valence-electron chi connectivity index (χ2n) is 5.59. The van der Waals surface area contributed by atoms with Crippen LogP contribution in [0.5, 0.6) is 0 Å². The predicted molar refractivity (Wildman–Crippen MR) is 84.7 cm³/mol. The number of thiazole rings is 1. The Bertz CT molecular complexity index is 667. The van der Waals surface area contributed by atoms with Gasteiger partial charge in [-0.3, -0.25) is 4.79 Å². The van der Waals surface area contributed by atoms with E-state index in [1.54, 1.807) is 5.38 Å². The minimum absolute atomic E-state index is 0.0445. The molecule has 2 aromatic heterocycles. The third kappa shape index (κ3) is 3.92. The molecular weight excluding hydrogens is 345 g/mol. The molecule has 1 N–H and O–H groups in total. The highest BCUT2D eigenvalue weighted by Crippen LogP contribution is 2.37. The molecule has 8 heteroatoms. The standard InChI is InChI=1S/C15H15F3N2OS2/c16-15(17,18)9-3-1-4-10(7-9)19-13(21)11-8-23-14(20-11)12-5-2-6-22-12/h2,5-6,8-10H,1,3-4,7H2,(H,19,21). The first kappa shape index (κ1) is 16.4. The molecule has 1 fully saturated rings. The number of nitrogens with zero attached hydrogens (tertiary/aromatic N) is 1. The van der Waals surface area contributed by atoms with Gasteiger partial charge in [-0.15, -0.1) is 22.7 Å². The number of hydrogen-bond donors (Lipinski definition) is 1. The molecule has 0 saturated heterocycles. The fraction of sp³-hybridized carbons (Fsp3) is 0.467. The molecule has 0 radical (unpaired) electrons. The normalized spacial score (nSPS) is 22.0. The van der Waals surface area contributed by atoms with E-state index < -0.39 is 24.0 Å². The van der Waals surface area contributed by atoms with Crippen LogP contribution >= 0.6 is 22.7 Å². The van der Waals surface area contributed by atoms with Gasteiger partial charge in [-0.05, 0) is 30.7 Å². The van der Waals surface area contributed by atoms with Gasteiger partial charge in [-0.2, -0.15) is 13.2 Å². The van der Waals surface area contributed by atoms with Gasteiger partial charge in [0.1, 0.15) is 10.7 Å². The fourth-order valence-electron chi connectivity index (χ4n) is 2.77. The van der Waals surface area contributed by atoms with Gasteiger partial charge in [-0.25, -0.2) is 4.98 Å². The Labute approximate surface area is 139 Å². The number of halogens is 3. The number of hydrogen-bond acceptors (Lipinski definition) is 4. The van der Waals surface area contributed by atoms with E-state index in [4.69, 9.17) is 0 Å². The largest absolute Gasteiger partial charge is 0.391 e. The van der Waals surface area contributed by atoms with Gasteiger partial charge in [0.25, 0.3) is 5.91 Å². The zero-order valence-electron chi connectivity index (χ0n) is 12.1. The molecule has 1 aliphatic rings. The SMILES string of the molecule is O=C(NC1CCCC(C(F)(F)F)C1)c1csc(-c2cccs2)n1. The summed E-state index contributed by atoms with van der Waals surface area (Å²) in [6, 6.07) is 3.38. The molecule has 1 amide bonds. The number of carbonyl (C=O) groups excluding carboxylic acids is 1. The van der Waals surface area contributed by atoms with Gasteiger partial charge >= 0.3 is 6.18 Å². The van der Waals surface area contributed by atoms with Crippen molar-refractivity contribution >= 4 is 28.6 Å². The van der Waals surface area contributed by atoms with Crippen LogP contribution in [0.2, 0.25) is 0 Å². The van der Waals surface area contributed by atoms with Gasteiger partial charge in [0, 0.05) is 11.4 Å². The molecule has 0 bridgehead atoms. The average Bonchev–Trinajstić information content (AvgIpc) is 3.18. The Kier molecular flexibility index (Phi) is 4.72. The highest BCUT2D eigenvalue weighted by atomic mass is 32.1. The van der Waals surface area contributed by atoms with E-state index in [1.165, 1.54) is 22.7 Å². The van der Waals surface area contributed by atoms with Gasteiger partial charge in [0.05, 0.1) is 10.8 Å². The maximum Gasteiger partial charge on any atom is 0.391 e. The quantitative estimate of drug-likeness (QED) is 0.860. The summed E-state index contributed by atoms with van der Waals surface area (Å²) >= 11 is 2.89. The topological polar surface area (TPSA) is 42.0 Å². The van der Waals surface area contributed by atoms with Gasteiger partial charge in [0.2, 0.25) is 0 Å². The van der Waals surface area contributed by atoms with Gasteiger partial charge in [0.15, 0.2) is 0 Å². The Morgan fingerprint density at radius 1 is 1.30 bits per heavy atom. The van der Waals surface area contributed by atoms with Crippen molar-refractivity contribution < 1.29 is 18.0 Å². The first-order valence-corrected chi connectivity index (χ1v) is 9.06. The summed E-state index contributed by atoms with van der Waals surface area (Å²) in [5.41, 5.74) is 0.271. The van der Waals surface area contributed by atoms with Crippen molar-refractivity contribution in [3.8, 4) is 9.88 Å². The summed E-state index contributed by atoms with van der Waals surface area (Å²) < 4.78 is 38.4. The number of aromatic nitrogens is 1. The van der Waals surface area contributed by atoms with E-state index >= 15 is 0 Å². The second-order valence-corrected chi connectivity index (χ2v) is 7.40. The van der Waals surface area contributed by atoms with Gasteiger partial charge in [-0.1, -0.05) is 12.5 Å². The van der Waals surface area contributed by atoms with E-state index in [0.717, 1.165) is 9.88 Å². The summed E-state index contributed by atoms with van der Waals surface area (Å²) in [5, 5.41) is 7.03. The molecule has 2 unspecified atom stereocenters. The van der Waals surface area contributed by atoms with Crippen LogP contribution in [0.15, 0.2) is 22.9 Å². The molecule has 2 atom stereocenters. The zero-order chi connectivity index (χ0) is 16.4. The molecule has 0 spiro atoms. The Hall–Kier alpha value is -1.41. The summed E-state index contributed by atoms with van der Waals surface area (Å²) in [7, 11) is 0. The van der Waals surface area contributed by atoms with Crippen molar-refractivity contribution in [2.45, 2.75) is 37.9 Å². The van der Waals surface area contributed by atoms with Crippen LogP contribution in [0.1, 0.15) is 36.2 Å². The molecular formula is C15H15F3N2OS2. The lowest BCUT2D eigenvalue weighted by atomic mass is 9.85. The van der Waals surface area contributed by atoms with Crippen LogP contribution in [0.4, 0.5) is 13.2 Å². The number of carbonyl (C=O) groups is 1. The molecule has 1 saturated carbocycles. The third-order valence-corrected chi connectivity index (χ3v) is 5.82. The minimum atomic E-state index is -4.18. The maximum absolute atomic E-state index is 12.8. The van der Waals surface area contributed by atoms with Crippen molar-refractivity contribution in [3.63, 3.8) is 0 Å². The number of rotatable bonds is 3. The summed E-state index contributed by atoms with van der Waals surface area (Å²) in [6.07, 6.45) is -3.02. The van der Waals surface area contributed by atoms with Crippen molar-refractivity contribution in [1.29, 1.82) is 0 Å². The average molecular weight is 360 g/mol. The number of nitrogens with one attached hydrogen (secondary N) is 1. The highest BCUT2D eigenvalue weighted by molar-refractivity contribution is 7.20. The van der Waals surface area contributed by atoms with Crippen LogP contribution in [-0.4, -0.2) is 23.1 Å². The number of amides is 1. The monoisotopic (exact) mass is 360 g/mol. The number of alkyl halides is 3. The Morgan fingerprint density at radius 3 is 2.83 bits per heavy atom. The summed E-state index contributed by atoms with van der Waals surface area (Å²) in [6.45, 7) is 0. The summed E-state index contributed by atoms with van der Waals surface area (Å²) in [4.78, 5) is 17.5. The molecule has 23 heavy (non-hydrogen) atoms. The highest BCUT2D eigenvalue weighted by Gasteiger charge is 2.42. The van der Waals surface area contributed by atoms with Crippen LogP contribution in [0.3, 0.4) is 0 Å². The molecule has 124 valence electrons. The van der Waals surface area contributed by atoms with E-state index in [1.807, 2.05) is 17.5 Å². The van der Waals surface area contributed by atoms with Crippen molar-refractivity contribution in [2.75, 3.05) is 0 Å². The molecule has 3 nitrogen and oxygen atoms in total. The van der Waals surface area contributed by atoms with Crippen LogP contribution in [0, 0.1) is 5.92 Å². The molecule has 3 rings (SSSR count). The van der Waals surface area contributed by atoms with Gasteiger partial charge < -0.3 is 5.32 Å². The molecule has 2 heterocycles. The smallest absolute Gasteiger partial charge is 0.348 e. The lowest BCUT2D eigenvalue weighted by molar-refractivity contribution is -0.183. The van der Waals surface area contributed by atoms with E-state index in [-0.39, 0.29) is 18.5 Å². The molecule has 1 aliphatic carbocycles. The second kappa shape index (κ2) is 6.60. The van der Waals surface area contributed by atoms with Crippen LogP contribution < -0.4 is 5.32 Å². The summed E-state index contributed by atoms with van der Waals surface area (Å²) in [5.74, 6) is -1.71. The third-order valence-electron chi connectivity index (χ3n) is 3.94. The minimum Gasteiger partial charge on any atom is -0.348 e. The Balaban J connectivity index is 1.63. The zero-order valence-corrected chi connectivity index (χ0v) is 13.7. The Morgan fingerprint density at radius 2 is 2.13 bits per heavy atom.